The summed E-state index contributed by atoms with van der Waals surface area (Å²) >= 11 is 0. The first-order chi connectivity index (χ1) is 7.86. The zero-order valence-electron chi connectivity index (χ0n) is 10.0. The van der Waals surface area contributed by atoms with E-state index in [0.717, 1.165) is 12.5 Å². The van der Waals surface area contributed by atoms with E-state index in [1.165, 1.54) is 38.0 Å². The maximum atomic E-state index is 5.84. The van der Waals surface area contributed by atoms with Gasteiger partial charge in [0.25, 0.3) is 0 Å². The first kappa shape index (κ1) is 11.7. The van der Waals surface area contributed by atoms with Crippen molar-refractivity contribution in [3.05, 3.63) is 24.0 Å². The number of H-pyrrole nitrogens is 1. The molecule has 1 aliphatic rings. The van der Waals surface area contributed by atoms with Gasteiger partial charge in [-0.1, -0.05) is 0 Å². The number of aromatic nitrogens is 1. The lowest BCUT2D eigenvalue weighted by molar-refractivity contribution is 0.0510. The molecule has 1 atom stereocenters. The lowest BCUT2D eigenvalue weighted by atomic mass is 9.95. The Kier molecular flexibility index (Phi) is 4.43. The molecule has 1 aromatic heterocycles. The molecule has 0 aliphatic carbocycles. The minimum atomic E-state index is 0.191. The zero-order chi connectivity index (χ0) is 11.2. The minimum Gasteiger partial charge on any atom is -0.372 e. The molecule has 1 saturated heterocycles. The smallest absolute Gasteiger partial charge is 0.0944 e. The molecule has 0 aromatic carbocycles. The van der Waals surface area contributed by atoms with Crippen molar-refractivity contribution in [1.29, 1.82) is 0 Å². The Morgan fingerprint density at radius 3 is 2.94 bits per heavy atom. The third-order valence-corrected chi connectivity index (χ3v) is 3.41. The summed E-state index contributed by atoms with van der Waals surface area (Å²) in [4.78, 5) is 3.19. The molecule has 0 amide bonds. The van der Waals surface area contributed by atoms with E-state index < -0.39 is 0 Å². The fraction of sp³-hybridized carbons (Fsp3) is 0.692. The molecule has 0 saturated carbocycles. The van der Waals surface area contributed by atoms with Gasteiger partial charge in [-0.25, -0.2) is 0 Å². The maximum absolute atomic E-state index is 5.84. The van der Waals surface area contributed by atoms with Gasteiger partial charge in [0, 0.05) is 18.5 Å². The summed E-state index contributed by atoms with van der Waals surface area (Å²) in [5.41, 5.74) is 1.17. The van der Waals surface area contributed by atoms with E-state index in [1.807, 2.05) is 12.3 Å². The van der Waals surface area contributed by atoms with Gasteiger partial charge in [-0.15, -0.1) is 0 Å². The maximum Gasteiger partial charge on any atom is 0.0944 e. The summed E-state index contributed by atoms with van der Waals surface area (Å²) in [6, 6.07) is 4.09. The molecular formula is C13H22N2O. The second-order valence-electron chi connectivity index (χ2n) is 4.62. The monoisotopic (exact) mass is 222 g/mol. The van der Waals surface area contributed by atoms with Crippen LogP contribution in [-0.4, -0.2) is 24.7 Å². The topological polar surface area (TPSA) is 37.0 Å². The fourth-order valence-corrected chi connectivity index (χ4v) is 2.27. The third-order valence-electron chi connectivity index (χ3n) is 3.41. The van der Waals surface area contributed by atoms with Crippen LogP contribution in [0.15, 0.2) is 18.3 Å². The minimum absolute atomic E-state index is 0.191. The van der Waals surface area contributed by atoms with Crippen LogP contribution in [0.5, 0.6) is 0 Å². The molecule has 0 radical (unpaired) electrons. The van der Waals surface area contributed by atoms with Crippen molar-refractivity contribution in [3.63, 3.8) is 0 Å². The molecule has 0 bridgehead atoms. The average Bonchev–Trinajstić information content (AvgIpc) is 2.84. The van der Waals surface area contributed by atoms with Crippen LogP contribution in [0.3, 0.4) is 0 Å². The molecule has 1 fully saturated rings. The van der Waals surface area contributed by atoms with Gasteiger partial charge in [0.05, 0.1) is 6.10 Å². The average molecular weight is 222 g/mol. The highest BCUT2D eigenvalue weighted by Crippen LogP contribution is 2.19. The number of hydrogen-bond donors (Lipinski definition) is 2. The van der Waals surface area contributed by atoms with Crippen LogP contribution in [0, 0.1) is 5.92 Å². The second kappa shape index (κ2) is 6.06. The molecule has 1 aromatic rings. The molecule has 1 aliphatic heterocycles. The van der Waals surface area contributed by atoms with E-state index in [1.54, 1.807) is 0 Å². The van der Waals surface area contributed by atoms with E-state index >= 15 is 0 Å². The number of hydrogen-bond acceptors (Lipinski definition) is 2. The van der Waals surface area contributed by atoms with E-state index in [0.29, 0.717) is 0 Å². The highest BCUT2D eigenvalue weighted by molar-refractivity contribution is 5.06. The molecule has 90 valence electrons. The standard InChI is InChI=1S/C13H22N2O/c1-11(13-3-2-7-15-13)16-10-6-12-4-8-14-9-5-12/h2-3,7,11-12,14-15H,4-6,8-10H2,1H3/t11-/m1/s1. The number of rotatable bonds is 5. The van der Waals surface area contributed by atoms with Crippen molar-refractivity contribution in [2.24, 2.45) is 5.92 Å². The summed E-state index contributed by atoms with van der Waals surface area (Å²) in [6.45, 7) is 5.34. The van der Waals surface area contributed by atoms with Crippen molar-refractivity contribution < 1.29 is 4.74 Å². The van der Waals surface area contributed by atoms with Crippen molar-refractivity contribution in [3.8, 4) is 0 Å². The Morgan fingerprint density at radius 2 is 2.25 bits per heavy atom. The zero-order valence-corrected chi connectivity index (χ0v) is 10.0. The molecule has 0 unspecified atom stereocenters. The van der Waals surface area contributed by atoms with Gasteiger partial charge >= 0.3 is 0 Å². The predicted octanol–water partition coefficient (Wildman–Crippen LogP) is 2.48. The van der Waals surface area contributed by atoms with Gasteiger partial charge in [-0.2, -0.15) is 0 Å². The van der Waals surface area contributed by atoms with Crippen LogP contribution in [0.25, 0.3) is 0 Å². The Balaban J connectivity index is 1.63. The highest BCUT2D eigenvalue weighted by Gasteiger charge is 2.13. The molecule has 3 heteroatoms. The van der Waals surface area contributed by atoms with Gasteiger partial charge in [-0.05, 0) is 57.3 Å². The Labute approximate surface area is 97.6 Å². The van der Waals surface area contributed by atoms with Crippen molar-refractivity contribution in [1.82, 2.24) is 10.3 Å². The number of piperidine rings is 1. The van der Waals surface area contributed by atoms with Crippen LogP contribution in [0.2, 0.25) is 0 Å². The number of aromatic amines is 1. The molecular weight excluding hydrogens is 200 g/mol. The van der Waals surface area contributed by atoms with Crippen molar-refractivity contribution in [2.45, 2.75) is 32.3 Å². The largest absolute Gasteiger partial charge is 0.372 e. The first-order valence-electron chi connectivity index (χ1n) is 6.32. The van der Waals surface area contributed by atoms with E-state index in [4.69, 9.17) is 4.74 Å². The molecule has 2 rings (SSSR count). The molecule has 16 heavy (non-hydrogen) atoms. The second-order valence-corrected chi connectivity index (χ2v) is 4.62. The third kappa shape index (κ3) is 3.35. The summed E-state index contributed by atoms with van der Waals surface area (Å²) in [7, 11) is 0. The SMILES string of the molecule is C[C@@H](OCCC1CCNCC1)c1ccc[nH]1. The summed E-state index contributed by atoms with van der Waals surface area (Å²) in [5.74, 6) is 0.858. The van der Waals surface area contributed by atoms with Gasteiger partial charge in [0.2, 0.25) is 0 Å². The molecule has 2 heterocycles. The lowest BCUT2D eigenvalue weighted by Crippen LogP contribution is -2.28. The summed E-state index contributed by atoms with van der Waals surface area (Å²) in [6.07, 6.45) is 5.95. The fourth-order valence-electron chi connectivity index (χ4n) is 2.27. The molecule has 3 nitrogen and oxygen atoms in total. The van der Waals surface area contributed by atoms with Gasteiger partial charge < -0.3 is 15.0 Å². The summed E-state index contributed by atoms with van der Waals surface area (Å²) in [5, 5.41) is 3.39. The van der Waals surface area contributed by atoms with E-state index in [2.05, 4.69) is 23.3 Å². The lowest BCUT2D eigenvalue weighted by Gasteiger charge is -2.23. The first-order valence-corrected chi connectivity index (χ1v) is 6.32. The molecule has 2 N–H and O–H groups in total. The Bertz CT molecular complexity index is 278. The quantitative estimate of drug-likeness (QED) is 0.803. The summed E-state index contributed by atoms with van der Waals surface area (Å²) < 4.78 is 5.84. The van der Waals surface area contributed by atoms with Crippen molar-refractivity contribution >= 4 is 0 Å². The van der Waals surface area contributed by atoms with Gasteiger partial charge in [0.1, 0.15) is 0 Å². The van der Waals surface area contributed by atoms with Crippen LogP contribution in [0.1, 0.15) is 38.0 Å². The highest BCUT2D eigenvalue weighted by atomic mass is 16.5. The van der Waals surface area contributed by atoms with E-state index in [-0.39, 0.29) is 6.10 Å². The van der Waals surface area contributed by atoms with Crippen LogP contribution < -0.4 is 5.32 Å². The Morgan fingerprint density at radius 1 is 1.44 bits per heavy atom. The Hall–Kier alpha value is -0.800. The van der Waals surface area contributed by atoms with Gasteiger partial charge in [-0.3, -0.25) is 0 Å². The normalized spacial score (nSPS) is 19.8. The number of nitrogens with one attached hydrogen (secondary N) is 2. The van der Waals surface area contributed by atoms with Crippen LogP contribution in [0.4, 0.5) is 0 Å². The van der Waals surface area contributed by atoms with E-state index in [9.17, 15) is 0 Å². The number of ether oxygens (including phenoxy) is 1. The van der Waals surface area contributed by atoms with Crippen molar-refractivity contribution in [2.75, 3.05) is 19.7 Å². The van der Waals surface area contributed by atoms with Gasteiger partial charge in [0.15, 0.2) is 0 Å². The van der Waals surface area contributed by atoms with Crippen LogP contribution >= 0.6 is 0 Å². The van der Waals surface area contributed by atoms with Crippen LogP contribution in [-0.2, 0) is 4.74 Å². The predicted molar refractivity (Wildman–Crippen MR) is 65.4 cm³/mol. The molecule has 0 spiro atoms.